The van der Waals surface area contributed by atoms with E-state index in [-0.39, 0.29) is 43.1 Å². The quantitative estimate of drug-likeness (QED) is 0.513. The molecular formula is C28H30N4O5. The monoisotopic (exact) mass is 502 g/mol. The molecule has 2 N–H and O–H groups in total. The molecule has 37 heavy (non-hydrogen) atoms. The SMILES string of the molecule is CC(C)C(C(=O)N1C[C@H](O)C[C@H]1C(=O)NCc1ccc(-c2cnoc2)cc1)N1Cc2ccccc2C1=O. The van der Waals surface area contributed by atoms with Gasteiger partial charge in [0.1, 0.15) is 18.3 Å². The summed E-state index contributed by atoms with van der Waals surface area (Å²) in [6.07, 6.45) is 2.55. The normalized spacial score (nSPS) is 19.8. The minimum atomic E-state index is -0.805. The molecule has 3 heterocycles. The lowest BCUT2D eigenvalue weighted by molar-refractivity contribution is -0.143. The molecule has 1 fully saturated rings. The van der Waals surface area contributed by atoms with Crippen molar-refractivity contribution in [2.75, 3.05) is 6.54 Å². The van der Waals surface area contributed by atoms with Crippen molar-refractivity contribution in [1.82, 2.24) is 20.3 Å². The second kappa shape index (κ2) is 10.2. The average molecular weight is 503 g/mol. The summed E-state index contributed by atoms with van der Waals surface area (Å²) >= 11 is 0. The van der Waals surface area contributed by atoms with Crippen LogP contribution in [0.5, 0.6) is 0 Å². The van der Waals surface area contributed by atoms with Gasteiger partial charge in [0.05, 0.1) is 12.3 Å². The van der Waals surface area contributed by atoms with Gasteiger partial charge in [-0.05, 0) is 28.7 Å². The van der Waals surface area contributed by atoms with Crippen LogP contribution < -0.4 is 5.32 Å². The first kappa shape index (κ1) is 24.7. The number of benzene rings is 2. The van der Waals surface area contributed by atoms with Gasteiger partial charge in [-0.1, -0.05) is 61.5 Å². The van der Waals surface area contributed by atoms with Crippen molar-refractivity contribution in [1.29, 1.82) is 0 Å². The van der Waals surface area contributed by atoms with Gasteiger partial charge in [-0.3, -0.25) is 14.4 Å². The van der Waals surface area contributed by atoms with Crippen molar-refractivity contribution >= 4 is 17.7 Å². The molecule has 9 heteroatoms. The molecule has 5 rings (SSSR count). The standard InChI is InChI=1S/C28H30N4O5/c1-17(2)25(32-14-20-5-3-4-6-23(20)27(32)35)28(36)31-15-22(33)11-24(31)26(34)29-12-18-7-9-19(10-8-18)21-13-30-37-16-21/h3-10,13,16-17,22,24-25,33H,11-12,14-15H2,1-2H3,(H,29,34)/t22-,24+,25?/m1/s1. The molecule has 3 amide bonds. The third-order valence-corrected chi connectivity index (χ3v) is 7.12. The van der Waals surface area contributed by atoms with Crippen molar-refractivity contribution < 1.29 is 24.0 Å². The van der Waals surface area contributed by atoms with Gasteiger partial charge < -0.3 is 24.7 Å². The number of likely N-dealkylation sites (tertiary alicyclic amines) is 1. The number of aliphatic hydroxyl groups is 1. The molecule has 0 bridgehead atoms. The van der Waals surface area contributed by atoms with E-state index in [1.807, 2.05) is 56.3 Å². The molecule has 192 valence electrons. The summed E-state index contributed by atoms with van der Waals surface area (Å²) < 4.78 is 4.88. The topological polar surface area (TPSA) is 116 Å². The van der Waals surface area contributed by atoms with Crippen molar-refractivity contribution in [2.24, 2.45) is 5.92 Å². The van der Waals surface area contributed by atoms with Gasteiger partial charge in [0, 0.05) is 37.2 Å². The Labute approximate surface area is 215 Å². The fourth-order valence-corrected chi connectivity index (χ4v) is 5.23. The highest BCUT2D eigenvalue weighted by atomic mass is 16.5. The maximum absolute atomic E-state index is 13.8. The second-order valence-corrected chi connectivity index (χ2v) is 10.0. The van der Waals surface area contributed by atoms with E-state index in [1.165, 1.54) is 4.90 Å². The Bertz CT molecular complexity index is 1290. The molecule has 3 aromatic rings. The summed E-state index contributed by atoms with van der Waals surface area (Å²) in [5.41, 5.74) is 4.20. The maximum atomic E-state index is 13.8. The van der Waals surface area contributed by atoms with E-state index in [9.17, 15) is 19.5 Å². The molecule has 2 aliphatic rings. The van der Waals surface area contributed by atoms with E-state index >= 15 is 0 Å². The van der Waals surface area contributed by atoms with Crippen molar-refractivity contribution in [3.63, 3.8) is 0 Å². The fraction of sp³-hybridized carbons (Fsp3) is 0.357. The number of β-amino-alcohol motifs (C(OH)–C–C–N with tert-alkyl or cyclic N) is 1. The van der Waals surface area contributed by atoms with Gasteiger partial charge in [-0.2, -0.15) is 0 Å². The lowest BCUT2D eigenvalue weighted by atomic mass is 10.0. The Morgan fingerprint density at radius 3 is 2.57 bits per heavy atom. The van der Waals surface area contributed by atoms with Crippen LogP contribution in [-0.2, 0) is 22.7 Å². The van der Waals surface area contributed by atoms with Crippen LogP contribution in [0, 0.1) is 5.92 Å². The number of fused-ring (bicyclic) bond motifs is 1. The number of amides is 3. The first-order chi connectivity index (χ1) is 17.8. The number of carbonyl (C=O) groups excluding carboxylic acids is 3. The predicted octanol–water partition coefficient (Wildman–Crippen LogP) is 2.60. The third-order valence-electron chi connectivity index (χ3n) is 7.12. The number of carbonyl (C=O) groups is 3. The summed E-state index contributed by atoms with van der Waals surface area (Å²) in [5.74, 6) is -0.994. The highest BCUT2D eigenvalue weighted by Gasteiger charge is 2.45. The molecule has 0 radical (unpaired) electrons. The smallest absolute Gasteiger partial charge is 0.255 e. The third kappa shape index (κ3) is 4.86. The van der Waals surface area contributed by atoms with Crippen LogP contribution >= 0.6 is 0 Å². The Morgan fingerprint density at radius 1 is 1.14 bits per heavy atom. The zero-order chi connectivity index (χ0) is 26.1. The highest BCUT2D eigenvalue weighted by molar-refractivity contribution is 6.01. The predicted molar refractivity (Wildman–Crippen MR) is 135 cm³/mol. The molecule has 0 spiro atoms. The van der Waals surface area contributed by atoms with Gasteiger partial charge in [0.2, 0.25) is 11.8 Å². The molecule has 3 atom stereocenters. The summed E-state index contributed by atoms with van der Waals surface area (Å²) in [6.45, 7) is 4.47. The van der Waals surface area contributed by atoms with Crippen LogP contribution in [0.3, 0.4) is 0 Å². The van der Waals surface area contributed by atoms with E-state index in [1.54, 1.807) is 23.4 Å². The number of hydrogen-bond donors (Lipinski definition) is 2. The zero-order valence-electron chi connectivity index (χ0n) is 20.8. The largest absolute Gasteiger partial charge is 0.391 e. The highest BCUT2D eigenvalue weighted by Crippen LogP contribution is 2.30. The first-order valence-corrected chi connectivity index (χ1v) is 12.5. The van der Waals surface area contributed by atoms with Crippen molar-refractivity contribution in [2.45, 2.75) is 51.5 Å². The summed E-state index contributed by atoms with van der Waals surface area (Å²) in [4.78, 5) is 43.1. The van der Waals surface area contributed by atoms with Gasteiger partial charge in [-0.15, -0.1) is 0 Å². The van der Waals surface area contributed by atoms with Crippen LogP contribution in [0.2, 0.25) is 0 Å². The summed E-state index contributed by atoms with van der Waals surface area (Å²) in [7, 11) is 0. The summed E-state index contributed by atoms with van der Waals surface area (Å²) in [6, 6.07) is 13.5. The second-order valence-electron chi connectivity index (χ2n) is 10.0. The minimum absolute atomic E-state index is 0.0581. The molecule has 1 unspecified atom stereocenters. The van der Waals surface area contributed by atoms with E-state index in [2.05, 4.69) is 10.5 Å². The Hall–Kier alpha value is -3.98. The minimum Gasteiger partial charge on any atom is -0.391 e. The van der Waals surface area contributed by atoms with Crippen molar-refractivity contribution in [3.8, 4) is 11.1 Å². The molecule has 1 aromatic heterocycles. The Balaban J connectivity index is 1.27. The Morgan fingerprint density at radius 2 is 1.89 bits per heavy atom. The van der Waals surface area contributed by atoms with Crippen LogP contribution in [0.15, 0.2) is 65.5 Å². The van der Waals surface area contributed by atoms with Gasteiger partial charge in [-0.25, -0.2) is 0 Å². The maximum Gasteiger partial charge on any atom is 0.255 e. The molecule has 2 aliphatic heterocycles. The van der Waals surface area contributed by atoms with Crippen LogP contribution in [0.4, 0.5) is 0 Å². The van der Waals surface area contributed by atoms with E-state index in [0.29, 0.717) is 12.1 Å². The van der Waals surface area contributed by atoms with Crippen LogP contribution in [0.1, 0.15) is 41.8 Å². The lowest BCUT2D eigenvalue weighted by Crippen LogP contribution is -2.55. The van der Waals surface area contributed by atoms with E-state index in [0.717, 1.165) is 22.3 Å². The summed E-state index contributed by atoms with van der Waals surface area (Å²) in [5, 5.41) is 17.0. The molecular weight excluding hydrogens is 472 g/mol. The van der Waals surface area contributed by atoms with Crippen LogP contribution in [-0.4, -0.2) is 62.5 Å². The van der Waals surface area contributed by atoms with Gasteiger partial charge >= 0.3 is 0 Å². The van der Waals surface area contributed by atoms with Gasteiger partial charge in [0.15, 0.2) is 0 Å². The number of aliphatic hydroxyl groups excluding tert-OH is 1. The molecule has 9 nitrogen and oxygen atoms in total. The molecule has 0 saturated carbocycles. The number of nitrogens with zero attached hydrogens (tertiary/aromatic N) is 3. The Kier molecular flexibility index (Phi) is 6.80. The van der Waals surface area contributed by atoms with E-state index in [4.69, 9.17) is 4.52 Å². The fourth-order valence-electron chi connectivity index (χ4n) is 5.23. The first-order valence-electron chi connectivity index (χ1n) is 12.5. The zero-order valence-corrected chi connectivity index (χ0v) is 20.8. The van der Waals surface area contributed by atoms with Crippen LogP contribution in [0.25, 0.3) is 11.1 Å². The van der Waals surface area contributed by atoms with E-state index < -0.39 is 18.2 Å². The van der Waals surface area contributed by atoms with Gasteiger partial charge in [0.25, 0.3) is 5.91 Å². The lowest BCUT2D eigenvalue weighted by Gasteiger charge is -2.35. The number of aromatic nitrogens is 1. The molecule has 2 aromatic carbocycles. The number of nitrogens with one attached hydrogen (secondary N) is 1. The number of hydrogen-bond acceptors (Lipinski definition) is 6. The molecule has 0 aliphatic carbocycles. The van der Waals surface area contributed by atoms with Crippen molar-refractivity contribution in [3.05, 3.63) is 77.7 Å². The number of rotatable bonds is 7. The average Bonchev–Trinajstić information content (AvgIpc) is 3.63. The molecule has 1 saturated heterocycles.